The van der Waals surface area contributed by atoms with Gasteiger partial charge in [-0.25, -0.2) is 8.42 Å². The lowest BCUT2D eigenvalue weighted by molar-refractivity contribution is 0.0730. The summed E-state index contributed by atoms with van der Waals surface area (Å²) in [5.41, 5.74) is 1.83. The van der Waals surface area contributed by atoms with Crippen molar-refractivity contribution in [1.82, 2.24) is 4.31 Å². The molecule has 0 radical (unpaired) electrons. The molecule has 1 heterocycles. The lowest BCUT2D eigenvalue weighted by Gasteiger charge is -2.26. The van der Waals surface area contributed by atoms with Crippen LogP contribution in [-0.4, -0.2) is 51.4 Å². The monoisotopic (exact) mass is 417 g/mol. The Labute approximate surface area is 172 Å². The quantitative estimate of drug-likeness (QED) is 0.585. The molecular weight excluding hydrogens is 390 g/mol. The molecule has 0 aromatic heterocycles. The summed E-state index contributed by atoms with van der Waals surface area (Å²) >= 11 is 0. The van der Waals surface area contributed by atoms with Crippen LogP contribution in [0.4, 0.5) is 0 Å². The van der Waals surface area contributed by atoms with Gasteiger partial charge in [0.2, 0.25) is 10.0 Å². The summed E-state index contributed by atoms with van der Waals surface area (Å²) in [4.78, 5) is 12.5. The fraction of sp³-hybridized carbons (Fsp3) is 0.409. The van der Waals surface area contributed by atoms with Crippen LogP contribution < -0.4 is 4.74 Å². The second-order valence-electron chi connectivity index (χ2n) is 7.00. The van der Waals surface area contributed by atoms with Crippen LogP contribution >= 0.6 is 0 Å². The second kappa shape index (κ2) is 10.0. The van der Waals surface area contributed by atoms with Gasteiger partial charge in [0.05, 0.1) is 18.1 Å². The first-order valence-electron chi connectivity index (χ1n) is 9.93. The molecule has 0 unspecified atom stereocenters. The van der Waals surface area contributed by atoms with Crippen molar-refractivity contribution < 1.29 is 22.7 Å². The van der Waals surface area contributed by atoms with E-state index in [1.165, 1.54) is 22.0 Å². The predicted octanol–water partition coefficient (Wildman–Crippen LogP) is 3.31. The summed E-state index contributed by atoms with van der Waals surface area (Å²) in [5.74, 6) is 0.343. The summed E-state index contributed by atoms with van der Waals surface area (Å²) in [6, 6.07) is 13.8. The first-order valence-corrected chi connectivity index (χ1v) is 11.4. The standard InChI is InChI=1S/C22H27NO5S/c1-2-3-4-18-5-7-19(8-6-18)22(24)17-28-20-9-11-21(12-10-20)29(25,26)23-13-15-27-16-14-23/h5-12H,2-4,13-17H2,1H3. The van der Waals surface area contributed by atoms with Gasteiger partial charge in [-0.15, -0.1) is 0 Å². The normalized spacial score (nSPS) is 15.2. The molecule has 0 aliphatic carbocycles. The van der Waals surface area contributed by atoms with E-state index in [1.54, 1.807) is 12.1 Å². The molecule has 0 saturated carbocycles. The number of hydrogen-bond acceptors (Lipinski definition) is 5. The van der Waals surface area contributed by atoms with Gasteiger partial charge >= 0.3 is 0 Å². The Kier molecular flexibility index (Phi) is 7.41. The van der Waals surface area contributed by atoms with Gasteiger partial charge in [0.25, 0.3) is 0 Å². The Balaban J connectivity index is 1.56. The van der Waals surface area contributed by atoms with Crippen LogP contribution in [0.25, 0.3) is 0 Å². The molecule has 3 rings (SSSR count). The Morgan fingerprint density at radius 1 is 1.03 bits per heavy atom. The molecule has 1 aliphatic rings. The molecule has 0 atom stereocenters. The van der Waals surface area contributed by atoms with Gasteiger partial charge in [-0.1, -0.05) is 37.6 Å². The minimum Gasteiger partial charge on any atom is -0.485 e. The van der Waals surface area contributed by atoms with E-state index in [4.69, 9.17) is 9.47 Å². The number of morpholine rings is 1. The van der Waals surface area contributed by atoms with Crippen LogP contribution in [0.2, 0.25) is 0 Å². The van der Waals surface area contributed by atoms with E-state index in [0.29, 0.717) is 37.6 Å². The molecule has 0 N–H and O–H groups in total. The lowest BCUT2D eigenvalue weighted by atomic mass is 10.0. The molecule has 1 aliphatic heterocycles. The fourth-order valence-corrected chi connectivity index (χ4v) is 4.52. The number of benzene rings is 2. The zero-order valence-corrected chi connectivity index (χ0v) is 17.5. The van der Waals surface area contributed by atoms with E-state index in [2.05, 4.69) is 6.92 Å². The van der Waals surface area contributed by atoms with Crippen molar-refractivity contribution in [2.24, 2.45) is 0 Å². The van der Waals surface area contributed by atoms with Gasteiger partial charge in [-0.05, 0) is 42.7 Å². The first kappa shape index (κ1) is 21.5. The summed E-state index contributed by atoms with van der Waals surface area (Å²) in [6.45, 7) is 3.58. The Hall–Kier alpha value is -2.22. The maximum absolute atomic E-state index is 12.6. The second-order valence-corrected chi connectivity index (χ2v) is 8.94. The third kappa shape index (κ3) is 5.65. The van der Waals surface area contributed by atoms with E-state index < -0.39 is 10.0 Å². The van der Waals surface area contributed by atoms with Gasteiger partial charge in [0.15, 0.2) is 12.4 Å². The predicted molar refractivity (Wildman–Crippen MR) is 111 cm³/mol. The molecule has 0 bridgehead atoms. The summed E-state index contributed by atoms with van der Waals surface area (Å²) in [6.07, 6.45) is 3.29. The van der Waals surface area contributed by atoms with Crippen LogP contribution in [0.5, 0.6) is 5.75 Å². The average molecular weight is 418 g/mol. The maximum atomic E-state index is 12.6. The van der Waals surface area contributed by atoms with Crippen LogP contribution in [0.1, 0.15) is 35.7 Å². The van der Waals surface area contributed by atoms with E-state index >= 15 is 0 Å². The molecule has 0 spiro atoms. The van der Waals surface area contributed by atoms with E-state index in [0.717, 1.165) is 19.3 Å². The third-order valence-corrected chi connectivity index (χ3v) is 6.81. The number of Topliss-reactive ketones (excluding diaryl/α,β-unsaturated/α-hetero) is 1. The van der Waals surface area contributed by atoms with Crippen LogP contribution in [0.3, 0.4) is 0 Å². The Morgan fingerprint density at radius 2 is 1.69 bits per heavy atom. The third-order valence-electron chi connectivity index (χ3n) is 4.90. The van der Waals surface area contributed by atoms with Crippen LogP contribution in [0.15, 0.2) is 53.4 Å². The molecule has 2 aromatic carbocycles. The molecule has 6 nitrogen and oxygen atoms in total. The van der Waals surface area contributed by atoms with E-state index in [-0.39, 0.29) is 17.3 Å². The Bertz CT molecular complexity index is 901. The molecule has 7 heteroatoms. The number of unbranched alkanes of at least 4 members (excludes halogenated alkanes) is 1. The summed E-state index contributed by atoms with van der Waals surface area (Å²) in [7, 11) is -3.53. The highest BCUT2D eigenvalue weighted by molar-refractivity contribution is 7.89. The van der Waals surface area contributed by atoms with Crippen molar-refractivity contribution >= 4 is 15.8 Å². The van der Waals surface area contributed by atoms with Gasteiger partial charge < -0.3 is 9.47 Å². The van der Waals surface area contributed by atoms with Crippen molar-refractivity contribution in [3.05, 3.63) is 59.7 Å². The van der Waals surface area contributed by atoms with E-state index in [1.807, 2.05) is 24.3 Å². The number of hydrogen-bond donors (Lipinski definition) is 0. The zero-order valence-electron chi connectivity index (χ0n) is 16.7. The molecule has 29 heavy (non-hydrogen) atoms. The van der Waals surface area contributed by atoms with Crippen molar-refractivity contribution in [2.75, 3.05) is 32.9 Å². The Morgan fingerprint density at radius 3 is 2.31 bits per heavy atom. The number of ketones is 1. The largest absolute Gasteiger partial charge is 0.485 e. The minimum atomic E-state index is -3.53. The van der Waals surface area contributed by atoms with Crippen molar-refractivity contribution in [3.8, 4) is 5.75 Å². The average Bonchev–Trinajstić information content (AvgIpc) is 2.77. The highest BCUT2D eigenvalue weighted by Crippen LogP contribution is 2.20. The highest BCUT2D eigenvalue weighted by Gasteiger charge is 2.26. The lowest BCUT2D eigenvalue weighted by Crippen LogP contribution is -2.40. The molecule has 156 valence electrons. The van der Waals surface area contributed by atoms with Gasteiger partial charge in [0, 0.05) is 18.7 Å². The van der Waals surface area contributed by atoms with Crippen LogP contribution in [0, 0.1) is 0 Å². The summed E-state index contributed by atoms with van der Waals surface area (Å²) in [5, 5.41) is 0. The number of sulfonamides is 1. The number of aryl methyl sites for hydroxylation is 1. The molecule has 2 aromatic rings. The van der Waals surface area contributed by atoms with Crippen LogP contribution in [-0.2, 0) is 21.2 Å². The number of carbonyl (C=O) groups excluding carboxylic acids is 1. The number of ether oxygens (including phenoxy) is 2. The van der Waals surface area contributed by atoms with Crippen molar-refractivity contribution in [1.29, 1.82) is 0 Å². The SMILES string of the molecule is CCCCc1ccc(C(=O)COc2ccc(S(=O)(=O)N3CCOCC3)cc2)cc1. The summed E-state index contributed by atoms with van der Waals surface area (Å²) < 4.78 is 37.4. The fourth-order valence-electron chi connectivity index (χ4n) is 3.11. The van der Waals surface area contributed by atoms with Gasteiger partial charge in [-0.2, -0.15) is 4.31 Å². The molecule has 0 amide bonds. The van der Waals surface area contributed by atoms with E-state index in [9.17, 15) is 13.2 Å². The smallest absolute Gasteiger partial charge is 0.243 e. The van der Waals surface area contributed by atoms with Crippen molar-refractivity contribution in [2.45, 2.75) is 31.1 Å². The zero-order chi connectivity index (χ0) is 20.7. The number of rotatable bonds is 9. The molecule has 1 fully saturated rings. The maximum Gasteiger partial charge on any atom is 0.243 e. The van der Waals surface area contributed by atoms with Gasteiger partial charge in [-0.3, -0.25) is 4.79 Å². The minimum absolute atomic E-state index is 0.0934. The number of nitrogens with zero attached hydrogens (tertiary/aromatic N) is 1. The highest BCUT2D eigenvalue weighted by atomic mass is 32.2. The molecule has 1 saturated heterocycles. The topological polar surface area (TPSA) is 72.9 Å². The van der Waals surface area contributed by atoms with Crippen molar-refractivity contribution in [3.63, 3.8) is 0 Å². The first-order chi connectivity index (χ1) is 14.0. The number of carbonyl (C=O) groups is 1. The molecular formula is C22H27NO5S. The van der Waals surface area contributed by atoms with Gasteiger partial charge in [0.1, 0.15) is 5.75 Å².